The second-order valence-electron chi connectivity index (χ2n) is 9.64. The lowest BCUT2D eigenvalue weighted by molar-refractivity contribution is -0.127. The van der Waals surface area contributed by atoms with Crippen molar-refractivity contribution in [2.24, 2.45) is 5.92 Å². The van der Waals surface area contributed by atoms with E-state index in [1.54, 1.807) is 11.6 Å². The van der Waals surface area contributed by atoms with E-state index in [1.807, 2.05) is 11.1 Å². The van der Waals surface area contributed by atoms with Crippen molar-refractivity contribution in [1.82, 2.24) is 24.5 Å². The van der Waals surface area contributed by atoms with Crippen molar-refractivity contribution in [3.8, 4) is 6.01 Å². The van der Waals surface area contributed by atoms with E-state index >= 15 is 0 Å². The van der Waals surface area contributed by atoms with Crippen LogP contribution in [-0.4, -0.2) is 68.3 Å². The summed E-state index contributed by atoms with van der Waals surface area (Å²) >= 11 is 0. The maximum absolute atomic E-state index is 11.8. The fraction of sp³-hybridized carbons (Fsp3) is 0.538. The Kier molecular flexibility index (Phi) is 7.85. The number of piperidine rings is 1. The van der Waals surface area contributed by atoms with Crippen molar-refractivity contribution in [1.29, 1.82) is 0 Å². The number of amides is 1. The van der Waals surface area contributed by atoms with Crippen LogP contribution in [0.1, 0.15) is 57.4 Å². The minimum absolute atomic E-state index is 0.0258. The first-order valence-corrected chi connectivity index (χ1v) is 12.4. The third-order valence-electron chi connectivity index (χ3n) is 6.93. The van der Waals surface area contributed by atoms with Gasteiger partial charge in [0.1, 0.15) is 0 Å². The maximum atomic E-state index is 11.8. The number of ether oxygens (including phenoxy) is 1. The van der Waals surface area contributed by atoms with E-state index in [-0.39, 0.29) is 17.7 Å². The zero-order valence-electron chi connectivity index (χ0n) is 20.9. The number of hydrogen-bond donors (Lipinski definition) is 2. The molecule has 0 spiro atoms. The lowest BCUT2D eigenvalue weighted by Gasteiger charge is -2.34. The number of aliphatic hydroxyl groups excluding tert-OH is 1. The molecule has 1 amide bonds. The number of aromatic nitrogens is 4. The molecule has 1 saturated heterocycles. The van der Waals surface area contributed by atoms with Gasteiger partial charge in [-0.3, -0.25) is 4.79 Å². The Morgan fingerprint density at radius 3 is 2.80 bits per heavy atom. The molecule has 9 nitrogen and oxygen atoms in total. The van der Waals surface area contributed by atoms with E-state index in [0.29, 0.717) is 38.0 Å². The third-order valence-corrected chi connectivity index (χ3v) is 6.93. The Balaban J connectivity index is 1.38. The third kappa shape index (κ3) is 5.73. The summed E-state index contributed by atoms with van der Waals surface area (Å²) in [6.07, 6.45) is 11.4. The Morgan fingerprint density at radius 1 is 1.34 bits per heavy atom. The van der Waals surface area contributed by atoms with Crippen LogP contribution in [0, 0.1) is 5.92 Å². The molecule has 0 saturated carbocycles. The lowest BCUT2D eigenvalue weighted by Crippen LogP contribution is -2.40. The van der Waals surface area contributed by atoms with Crippen LogP contribution in [0.4, 0.5) is 5.95 Å². The fourth-order valence-corrected chi connectivity index (χ4v) is 4.84. The fourth-order valence-electron chi connectivity index (χ4n) is 4.84. The molecule has 0 radical (unpaired) electrons. The number of carbonyl (C=O) groups excluding carboxylic acids is 1. The Morgan fingerprint density at radius 2 is 2.11 bits per heavy atom. The zero-order chi connectivity index (χ0) is 24.9. The molecule has 35 heavy (non-hydrogen) atoms. The standard InChI is InChI=1S/C26H36N6O3/c1-5-23(34)31-11-9-20(10-12-31)22(33)14-18-7-6-8-19(13-18)15-27-25-30-26(35-4)29-24-21(17(2)3)16-28-32(24)25/h5,7,13,16-17,20,22,33H,1,6,8-12,14-15H2,2-4H3,(H,27,29,30). The van der Waals surface area contributed by atoms with Gasteiger partial charge < -0.3 is 20.1 Å². The minimum Gasteiger partial charge on any atom is -0.467 e. The average Bonchev–Trinajstić information content (AvgIpc) is 3.31. The molecule has 2 N–H and O–H groups in total. The van der Waals surface area contributed by atoms with Crippen molar-refractivity contribution < 1.29 is 14.6 Å². The maximum Gasteiger partial charge on any atom is 0.321 e. The lowest BCUT2D eigenvalue weighted by atomic mass is 9.86. The van der Waals surface area contributed by atoms with Gasteiger partial charge in [0, 0.05) is 25.2 Å². The molecule has 9 heteroatoms. The first kappa shape index (κ1) is 24.9. The number of aliphatic hydroxyl groups is 1. The SMILES string of the molecule is C=CC(=O)N1CCC(C(O)CC2=CCCC(CNc3nc(OC)nc4c(C(C)C)cnn34)=C2)CC1. The van der Waals surface area contributed by atoms with E-state index in [2.05, 4.69) is 53.0 Å². The van der Waals surface area contributed by atoms with Gasteiger partial charge in [-0.25, -0.2) is 0 Å². The minimum atomic E-state index is -0.407. The first-order valence-electron chi connectivity index (χ1n) is 12.4. The normalized spacial score (nSPS) is 17.8. The van der Waals surface area contributed by atoms with Gasteiger partial charge in [-0.05, 0) is 55.6 Å². The summed E-state index contributed by atoms with van der Waals surface area (Å²) in [5.74, 6) is 1.06. The van der Waals surface area contributed by atoms with Crippen molar-refractivity contribution in [3.63, 3.8) is 0 Å². The summed E-state index contributed by atoms with van der Waals surface area (Å²) in [7, 11) is 1.56. The molecule has 1 aliphatic heterocycles. The number of fused-ring (bicyclic) bond motifs is 1. The highest BCUT2D eigenvalue weighted by Crippen LogP contribution is 2.28. The molecular formula is C26H36N6O3. The van der Waals surface area contributed by atoms with Gasteiger partial charge in [-0.15, -0.1) is 0 Å². The first-order chi connectivity index (χ1) is 16.9. The van der Waals surface area contributed by atoms with Crippen LogP contribution < -0.4 is 10.1 Å². The predicted octanol–water partition coefficient (Wildman–Crippen LogP) is 3.49. The molecule has 0 bridgehead atoms. The molecule has 1 fully saturated rings. The number of nitrogens with zero attached hydrogens (tertiary/aromatic N) is 5. The summed E-state index contributed by atoms with van der Waals surface area (Å²) < 4.78 is 7.05. The molecule has 1 atom stereocenters. The molecular weight excluding hydrogens is 444 g/mol. The summed E-state index contributed by atoms with van der Waals surface area (Å²) in [4.78, 5) is 22.6. The van der Waals surface area contributed by atoms with E-state index in [1.165, 1.54) is 11.6 Å². The van der Waals surface area contributed by atoms with Gasteiger partial charge >= 0.3 is 6.01 Å². The number of hydrogen-bond acceptors (Lipinski definition) is 7. The number of allylic oxidation sites excluding steroid dienone is 2. The van der Waals surface area contributed by atoms with Gasteiger partial charge in [-0.1, -0.05) is 38.2 Å². The van der Waals surface area contributed by atoms with Crippen LogP contribution in [0.5, 0.6) is 6.01 Å². The predicted molar refractivity (Wildman–Crippen MR) is 135 cm³/mol. The summed E-state index contributed by atoms with van der Waals surface area (Å²) in [5.41, 5.74) is 4.21. The van der Waals surface area contributed by atoms with Crippen molar-refractivity contribution >= 4 is 17.5 Å². The number of carbonyl (C=O) groups is 1. The van der Waals surface area contributed by atoms with Crippen molar-refractivity contribution in [2.45, 2.75) is 58.0 Å². The largest absolute Gasteiger partial charge is 0.467 e. The Hall–Kier alpha value is -3.20. The number of anilines is 1. The summed E-state index contributed by atoms with van der Waals surface area (Å²) in [6, 6.07) is 0.310. The van der Waals surface area contributed by atoms with Crippen molar-refractivity contribution in [3.05, 3.63) is 47.7 Å². The molecule has 1 aliphatic carbocycles. The topological polar surface area (TPSA) is 105 Å². The van der Waals surface area contributed by atoms with Gasteiger partial charge in [0.25, 0.3) is 0 Å². The quantitative estimate of drug-likeness (QED) is 0.529. The van der Waals surface area contributed by atoms with E-state index in [9.17, 15) is 9.90 Å². The van der Waals surface area contributed by atoms with Gasteiger partial charge in [0.05, 0.1) is 19.4 Å². The second kappa shape index (κ2) is 11.0. The monoisotopic (exact) mass is 480 g/mol. The van der Waals surface area contributed by atoms with Crippen molar-refractivity contribution in [2.75, 3.05) is 32.1 Å². The molecule has 1 unspecified atom stereocenters. The van der Waals surface area contributed by atoms with Gasteiger partial charge in [-0.2, -0.15) is 19.6 Å². The van der Waals surface area contributed by atoms with Crippen LogP contribution >= 0.6 is 0 Å². The van der Waals surface area contributed by atoms with Crippen LogP contribution in [0.2, 0.25) is 0 Å². The van der Waals surface area contributed by atoms with E-state index < -0.39 is 6.10 Å². The van der Waals surface area contributed by atoms with E-state index in [4.69, 9.17) is 4.74 Å². The number of likely N-dealkylation sites (tertiary alicyclic amines) is 1. The van der Waals surface area contributed by atoms with Gasteiger partial charge in [0.15, 0.2) is 5.65 Å². The highest BCUT2D eigenvalue weighted by atomic mass is 16.5. The highest BCUT2D eigenvalue weighted by Gasteiger charge is 2.27. The molecule has 4 rings (SSSR count). The van der Waals surface area contributed by atoms with E-state index in [0.717, 1.165) is 42.5 Å². The number of nitrogens with one attached hydrogen (secondary N) is 1. The summed E-state index contributed by atoms with van der Waals surface area (Å²) in [6.45, 7) is 9.77. The molecule has 3 heterocycles. The van der Waals surface area contributed by atoms with Crippen LogP contribution in [-0.2, 0) is 4.79 Å². The number of methoxy groups -OCH3 is 1. The smallest absolute Gasteiger partial charge is 0.321 e. The number of rotatable bonds is 9. The molecule has 2 aromatic rings. The van der Waals surface area contributed by atoms with Crippen LogP contribution in [0.25, 0.3) is 5.65 Å². The molecule has 2 aromatic heterocycles. The Bertz CT molecular complexity index is 1130. The van der Waals surface area contributed by atoms with Gasteiger partial charge in [0.2, 0.25) is 11.9 Å². The molecule has 0 aromatic carbocycles. The van der Waals surface area contributed by atoms with Crippen LogP contribution in [0.15, 0.2) is 42.2 Å². The average molecular weight is 481 g/mol. The second-order valence-corrected chi connectivity index (χ2v) is 9.64. The van der Waals surface area contributed by atoms with Crippen LogP contribution in [0.3, 0.4) is 0 Å². The highest BCUT2D eigenvalue weighted by molar-refractivity contribution is 5.87. The molecule has 188 valence electrons. The molecule has 2 aliphatic rings. The summed E-state index contributed by atoms with van der Waals surface area (Å²) in [5, 5.41) is 18.8. The Labute approximate surface area is 206 Å². The zero-order valence-corrected chi connectivity index (χ0v) is 20.9.